The number of aliphatic hydroxyl groups excluding tert-OH is 1. The molecule has 0 saturated carbocycles. The Morgan fingerprint density at radius 3 is 2.91 bits per heavy atom. The summed E-state index contributed by atoms with van der Waals surface area (Å²) in [6.45, 7) is 7.94. The van der Waals surface area contributed by atoms with Gasteiger partial charge in [-0.1, -0.05) is 0 Å². The second kappa shape index (κ2) is 6.80. The predicted molar refractivity (Wildman–Crippen MR) is 90.5 cm³/mol. The zero-order valence-electron chi connectivity index (χ0n) is 14.2. The lowest BCUT2D eigenvalue weighted by molar-refractivity contribution is 0.144. The third-order valence-corrected chi connectivity index (χ3v) is 4.55. The summed E-state index contributed by atoms with van der Waals surface area (Å²) >= 11 is 0. The minimum atomic E-state index is 0.237. The van der Waals surface area contributed by atoms with Crippen LogP contribution >= 0.6 is 0 Å². The van der Waals surface area contributed by atoms with E-state index < -0.39 is 0 Å². The standard InChI is InChI=1S/C16H26N6O/c1-11-14-15(18-12(2)19-16(14)21(3)20-11)17-9-13-5-4-6-22(10-13)7-8-23/h13,23H,4-10H2,1-3H3,(H,17,18,19)/t13-/m0/s1. The van der Waals surface area contributed by atoms with E-state index in [-0.39, 0.29) is 6.61 Å². The van der Waals surface area contributed by atoms with Gasteiger partial charge in [-0.2, -0.15) is 5.10 Å². The summed E-state index contributed by atoms with van der Waals surface area (Å²) in [6.07, 6.45) is 2.41. The molecule has 1 aliphatic rings. The minimum absolute atomic E-state index is 0.237. The van der Waals surface area contributed by atoms with E-state index in [0.29, 0.717) is 5.92 Å². The van der Waals surface area contributed by atoms with Gasteiger partial charge in [-0.05, 0) is 39.2 Å². The van der Waals surface area contributed by atoms with E-state index in [2.05, 4.69) is 25.3 Å². The second-order valence-electron chi connectivity index (χ2n) is 6.44. The maximum absolute atomic E-state index is 9.11. The zero-order chi connectivity index (χ0) is 16.4. The van der Waals surface area contributed by atoms with E-state index in [4.69, 9.17) is 5.11 Å². The molecule has 1 saturated heterocycles. The maximum Gasteiger partial charge on any atom is 0.163 e. The van der Waals surface area contributed by atoms with Gasteiger partial charge in [0.05, 0.1) is 17.7 Å². The number of rotatable bonds is 5. The lowest BCUT2D eigenvalue weighted by atomic mass is 9.98. The molecule has 1 fully saturated rings. The Labute approximate surface area is 136 Å². The van der Waals surface area contributed by atoms with Crippen LogP contribution in [0.4, 0.5) is 5.82 Å². The Morgan fingerprint density at radius 2 is 2.13 bits per heavy atom. The maximum atomic E-state index is 9.11. The van der Waals surface area contributed by atoms with Crippen LogP contribution in [0.3, 0.4) is 0 Å². The van der Waals surface area contributed by atoms with Crippen molar-refractivity contribution in [2.75, 3.05) is 38.1 Å². The number of piperidine rings is 1. The molecule has 0 aromatic carbocycles. The van der Waals surface area contributed by atoms with Crippen molar-refractivity contribution in [1.29, 1.82) is 0 Å². The average molecular weight is 318 g/mol. The quantitative estimate of drug-likeness (QED) is 0.859. The van der Waals surface area contributed by atoms with Gasteiger partial charge in [-0.25, -0.2) is 9.97 Å². The molecule has 2 N–H and O–H groups in total. The Hall–Kier alpha value is -1.73. The molecule has 0 spiro atoms. The Balaban J connectivity index is 1.74. The lowest BCUT2D eigenvalue weighted by Crippen LogP contribution is -2.39. The smallest absolute Gasteiger partial charge is 0.163 e. The van der Waals surface area contributed by atoms with E-state index in [0.717, 1.165) is 54.5 Å². The number of likely N-dealkylation sites (tertiary alicyclic amines) is 1. The first-order valence-corrected chi connectivity index (χ1v) is 8.33. The molecular formula is C16H26N6O. The molecule has 0 bridgehead atoms. The summed E-state index contributed by atoms with van der Waals surface area (Å²) in [7, 11) is 1.92. The average Bonchev–Trinajstić information content (AvgIpc) is 2.80. The summed E-state index contributed by atoms with van der Waals surface area (Å²) in [5.41, 5.74) is 1.83. The van der Waals surface area contributed by atoms with Crippen LogP contribution in [-0.2, 0) is 7.05 Å². The van der Waals surface area contributed by atoms with Gasteiger partial charge in [-0.15, -0.1) is 0 Å². The van der Waals surface area contributed by atoms with Gasteiger partial charge >= 0.3 is 0 Å². The van der Waals surface area contributed by atoms with Crippen molar-refractivity contribution in [2.45, 2.75) is 26.7 Å². The number of β-amino-alcohol motifs (C(OH)–C–C–N with tert-alkyl or cyclic N) is 1. The van der Waals surface area contributed by atoms with Crippen molar-refractivity contribution in [3.63, 3.8) is 0 Å². The molecule has 0 radical (unpaired) electrons. The molecule has 3 rings (SSSR count). The first-order chi connectivity index (χ1) is 11.1. The first kappa shape index (κ1) is 16.1. The monoisotopic (exact) mass is 318 g/mol. The van der Waals surface area contributed by atoms with Crippen LogP contribution in [0.25, 0.3) is 11.0 Å². The van der Waals surface area contributed by atoms with Gasteiger partial charge in [0.25, 0.3) is 0 Å². The number of nitrogens with one attached hydrogen (secondary N) is 1. The van der Waals surface area contributed by atoms with Crippen molar-refractivity contribution in [3.05, 3.63) is 11.5 Å². The molecule has 0 aliphatic carbocycles. The molecule has 7 heteroatoms. The molecular weight excluding hydrogens is 292 g/mol. The summed E-state index contributed by atoms with van der Waals surface area (Å²) in [5, 5.41) is 18.1. The van der Waals surface area contributed by atoms with Gasteiger partial charge in [0.2, 0.25) is 0 Å². The number of anilines is 1. The number of aliphatic hydroxyl groups is 1. The van der Waals surface area contributed by atoms with Crippen molar-refractivity contribution in [2.24, 2.45) is 13.0 Å². The van der Waals surface area contributed by atoms with Crippen LogP contribution in [0, 0.1) is 19.8 Å². The highest BCUT2D eigenvalue weighted by Gasteiger charge is 2.20. The van der Waals surface area contributed by atoms with Gasteiger partial charge in [0.15, 0.2) is 5.65 Å². The fourth-order valence-corrected chi connectivity index (χ4v) is 3.48. The Morgan fingerprint density at radius 1 is 1.30 bits per heavy atom. The molecule has 0 unspecified atom stereocenters. The third-order valence-electron chi connectivity index (χ3n) is 4.55. The van der Waals surface area contributed by atoms with Gasteiger partial charge in [0.1, 0.15) is 11.6 Å². The largest absolute Gasteiger partial charge is 0.395 e. The highest BCUT2D eigenvalue weighted by atomic mass is 16.3. The van der Waals surface area contributed by atoms with Crippen LogP contribution < -0.4 is 5.32 Å². The highest BCUT2D eigenvalue weighted by Crippen LogP contribution is 2.24. The van der Waals surface area contributed by atoms with Gasteiger partial charge in [0, 0.05) is 26.7 Å². The number of hydrogen-bond acceptors (Lipinski definition) is 6. The number of aryl methyl sites for hydroxylation is 3. The molecule has 3 heterocycles. The fraction of sp³-hybridized carbons (Fsp3) is 0.688. The number of aromatic nitrogens is 4. The van der Waals surface area contributed by atoms with E-state index in [1.807, 2.05) is 25.6 Å². The van der Waals surface area contributed by atoms with E-state index in [9.17, 15) is 0 Å². The summed E-state index contributed by atoms with van der Waals surface area (Å²) in [5.74, 6) is 2.23. The molecule has 7 nitrogen and oxygen atoms in total. The molecule has 1 atom stereocenters. The molecule has 0 amide bonds. The number of hydrogen-bond donors (Lipinski definition) is 2. The highest BCUT2D eigenvalue weighted by molar-refractivity contribution is 5.89. The van der Waals surface area contributed by atoms with Crippen molar-refractivity contribution in [1.82, 2.24) is 24.6 Å². The van der Waals surface area contributed by atoms with Crippen LogP contribution in [-0.4, -0.2) is 62.5 Å². The summed E-state index contributed by atoms with van der Waals surface area (Å²) < 4.78 is 1.81. The topological polar surface area (TPSA) is 79.1 Å². The van der Waals surface area contributed by atoms with Crippen molar-refractivity contribution >= 4 is 16.9 Å². The second-order valence-corrected chi connectivity index (χ2v) is 6.44. The molecule has 1 aliphatic heterocycles. The SMILES string of the molecule is Cc1nc(NC[C@@H]2CCCN(CCO)C2)c2c(C)nn(C)c2n1. The summed E-state index contributed by atoms with van der Waals surface area (Å²) in [6, 6.07) is 0. The van der Waals surface area contributed by atoms with Crippen LogP contribution in [0.15, 0.2) is 0 Å². The Kier molecular flexibility index (Phi) is 4.77. The predicted octanol–water partition coefficient (Wildman–Crippen LogP) is 1.10. The number of fused-ring (bicyclic) bond motifs is 1. The van der Waals surface area contributed by atoms with E-state index in [1.165, 1.54) is 12.8 Å². The molecule has 126 valence electrons. The third kappa shape index (κ3) is 3.45. The van der Waals surface area contributed by atoms with Crippen LogP contribution in [0.1, 0.15) is 24.4 Å². The van der Waals surface area contributed by atoms with E-state index >= 15 is 0 Å². The van der Waals surface area contributed by atoms with Gasteiger partial charge < -0.3 is 15.3 Å². The minimum Gasteiger partial charge on any atom is -0.395 e. The molecule has 23 heavy (non-hydrogen) atoms. The lowest BCUT2D eigenvalue weighted by Gasteiger charge is -2.32. The van der Waals surface area contributed by atoms with Crippen molar-refractivity contribution in [3.8, 4) is 0 Å². The van der Waals surface area contributed by atoms with Gasteiger partial charge in [-0.3, -0.25) is 4.68 Å². The van der Waals surface area contributed by atoms with Crippen molar-refractivity contribution < 1.29 is 5.11 Å². The van der Waals surface area contributed by atoms with Crippen LogP contribution in [0.5, 0.6) is 0 Å². The molecule has 2 aromatic rings. The van der Waals surface area contributed by atoms with Crippen LogP contribution in [0.2, 0.25) is 0 Å². The normalized spacial score (nSPS) is 19.4. The van der Waals surface area contributed by atoms with E-state index in [1.54, 1.807) is 0 Å². The molecule has 2 aromatic heterocycles. The fourth-order valence-electron chi connectivity index (χ4n) is 3.48. The number of nitrogens with zero attached hydrogens (tertiary/aromatic N) is 5. The Bertz CT molecular complexity index is 681. The first-order valence-electron chi connectivity index (χ1n) is 8.33. The zero-order valence-corrected chi connectivity index (χ0v) is 14.2. The summed E-state index contributed by atoms with van der Waals surface area (Å²) in [4.78, 5) is 11.4.